The standard InChI is InChI=1S/C17H14ClF2N3OS/c1-2-10-5-14(16(24)22-17-21-7-15(18)25-17)23(8-10)9-11-3-4-12(19)6-13(11)20/h3-8H,2,9H2,1H3,(H,21,22,24). The molecule has 0 aliphatic carbocycles. The van der Waals surface area contributed by atoms with E-state index in [2.05, 4.69) is 10.3 Å². The fourth-order valence-corrected chi connectivity index (χ4v) is 3.20. The number of hydrogen-bond acceptors (Lipinski definition) is 3. The van der Waals surface area contributed by atoms with Crippen LogP contribution in [0.15, 0.2) is 36.7 Å². The Hall–Kier alpha value is -2.25. The van der Waals surface area contributed by atoms with Gasteiger partial charge in [0.05, 0.1) is 12.7 Å². The molecule has 0 fully saturated rings. The Labute approximate surface area is 152 Å². The number of amides is 1. The summed E-state index contributed by atoms with van der Waals surface area (Å²) in [5.41, 5.74) is 1.60. The predicted octanol–water partition coefficient (Wildman–Crippen LogP) is 4.74. The van der Waals surface area contributed by atoms with Crippen molar-refractivity contribution in [3.8, 4) is 0 Å². The van der Waals surface area contributed by atoms with Crippen LogP contribution in [0.1, 0.15) is 28.5 Å². The number of aryl methyl sites for hydroxylation is 1. The molecule has 3 aromatic rings. The number of nitrogens with one attached hydrogen (secondary N) is 1. The van der Waals surface area contributed by atoms with Crippen LogP contribution in [0.4, 0.5) is 13.9 Å². The van der Waals surface area contributed by atoms with Gasteiger partial charge in [0.1, 0.15) is 21.7 Å². The van der Waals surface area contributed by atoms with Gasteiger partial charge in [0.2, 0.25) is 0 Å². The zero-order chi connectivity index (χ0) is 18.0. The highest BCUT2D eigenvalue weighted by atomic mass is 35.5. The molecule has 0 bridgehead atoms. The lowest BCUT2D eigenvalue weighted by molar-refractivity contribution is 0.101. The smallest absolute Gasteiger partial charge is 0.274 e. The Morgan fingerprint density at radius 2 is 2.16 bits per heavy atom. The number of nitrogens with zero attached hydrogens (tertiary/aromatic N) is 2. The van der Waals surface area contributed by atoms with E-state index < -0.39 is 11.6 Å². The maximum absolute atomic E-state index is 13.9. The topological polar surface area (TPSA) is 46.9 Å². The summed E-state index contributed by atoms with van der Waals surface area (Å²) >= 11 is 6.96. The molecule has 8 heteroatoms. The van der Waals surface area contributed by atoms with E-state index in [1.807, 2.05) is 6.92 Å². The van der Waals surface area contributed by atoms with E-state index in [0.29, 0.717) is 20.7 Å². The van der Waals surface area contributed by atoms with Crippen LogP contribution in [0.2, 0.25) is 4.34 Å². The molecular formula is C17H14ClF2N3OS. The van der Waals surface area contributed by atoms with Crippen molar-refractivity contribution in [2.45, 2.75) is 19.9 Å². The number of halogens is 3. The summed E-state index contributed by atoms with van der Waals surface area (Å²) in [6.45, 7) is 2.08. The first-order chi connectivity index (χ1) is 12.0. The average Bonchev–Trinajstić information content (AvgIpc) is 3.16. The second-order valence-corrected chi connectivity index (χ2v) is 7.04. The molecule has 0 saturated heterocycles. The first-order valence-corrected chi connectivity index (χ1v) is 8.71. The minimum atomic E-state index is -0.648. The lowest BCUT2D eigenvalue weighted by Crippen LogP contribution is -2.17. The van der Waals surface area contributed by atoms with Crippen LogP contribution in [0, 0.1) is 11.6 Å². The number of carbonyl (C=O) groups is 1. The molecule has 0 aliphatic rings. The number of anilines is 1. The second-order valence-electron chi connectivity index (χ2n) is 5.37. The second kappa shape index (κ2) is 7.33. The monoisotopic (exact) mass is 381 g/mol. The van der Waals surface area contributed by atoms with Crippen LogP contribution < -0.4 is 5.32 Å². The lowest BCUT2D eigenvalue weighted by Gasteiger charge is -2.09. The van der Waals surface area contributed by atoms with Gasteiger partial charge in [0.25, 0.3) is 5.91 Å². The van der Waals surface area contributed by atoms with Crippen molar-refractivity contribution in [3.05, 3.63) is 69.5 Å². The number of hydrogen-bond donors (Lipinski definition) is 1. The normalized spacial score (nSPS) is 10.9. The average molecular weight is 382 g/mol. The Morgan fingerprint density at radius 3 is 2.80 bits per heavy atom. The Kier molecular flexibility index (Phi) is 5.15. The maximum atomic E-state index is 13.9. The van der Waals surface area contributed by atoms with Gasteiger partial charge < -0.3 is 4.57 Å². The molecule has 130 valence electrons. The first-order valence-electron chi connectivity index (χ1n) is 7.52. The van der Waals surface area contributed by atoms with E-state index in [-0.39, 0.29) is 12.5 Å². The molecular weight excluding hydrogens is 368 g/mol. The SMILES string of the molecule is CCc1cc(C(=O)Nc2ncc(Cl)s2)n(Cc2ccc(F)cc2F)c1. The summed E-state index contributed by atoms with van der Waals surface area (Å²) in [6.07, 6.45) is 3.96. The summed E-state index contributed by atoms with van der Waals surface area (Å²) in [7, 11) is 0. The van der Waals surface area contributed by atoms with Gasteiger partial charge in [-0.15, -0.1) is 0 Å². The van der Waals surface area contributed by atoms with Crippen molar-refractivity contribution < 1.29 is 13.6 Å². The molecule has 25 heavy (non-hydrogen) atoms. The fourth-order valence-electron chi connectivity index (χ4n) is 2.39. The summed E-state index contributed by atoms with van der Waals surface area (Å²) in [6, 6.07) is 5.14. The summed E-state index contributed by atoms with van der Waals surface area (Å²) in [5, 5.41) is 3.06. The number of rotatable bonds is 5. The van der Waals surface area contributed by atoms with Crippen molar-refractivity contribution in [3.63, 3.8) is 0 Å². The van der Waals surface area contributed by atoms with Crippen LogP contribution in [-0.2, 0) is 13.0 Å². The Balaban J connectivity index is 1.88. The highest BCUT2D eigenvalue weighted by Crippen LogP contribution is 2.23. The molecule has 1 amide bonds. The largest absolute Gasteiger partial charge is 0.339 e. The minimum Gasteiger partial charge on any atom is -0.339 e. The van der Waals surface area contributed by atoms with E-state index in [1.54, 1.807) is 16.8 Å². The quantitative estimate of drug-likeness (QED) is 0.694. The summed E-state index contributed by atoms with van der Waals surface area (Å²) < 4.78 is 29.1. The van der Waals surface area contributed by atoms with Crippen molar-refractivity contribution in [1.82, 2.24) is 9.55 Å². The molecule has 2 aromatic heterocycles. The summed E-state index contributed by atoms with van der Waals surface area (Å²) in [4.78, 5) is 16.5. The first kappa shape index (κ1) is 17.6. The molecule has 0 saturated carbocycles. The summed E-state index contributed by atoms with van der Waals surface area (Å²) in [5.74, 6) is -1.65. The van der Waals surface area contributed by atoms with Gasteiger partial charge in [-0.2, -0.15) is 0 Å². The molecule has 0 atom stereocenters. The van der Waals surface area contributed by atoms with Crippen LogP contribution in [0.25, 0.3) is 0 Å². The lowest BCUT2D eigenvalue weighted by atomic mass is 10.2. The van der Waals surface area contributed by atoms with Crippen LogP contribution >= 0.6 is 22.9 Å². The zero-order valence-corrected chi connectivity index (χ0v) is 14.8. The molecule has 0 unspecified atom stereocenters. The van der Waals surface area contributed by atoms with Crippen molar-refractivity contribution in [2.24, 2.45) is 0 Å². The van der Waals surface area contributed by atoms with Crippen molar-refractivity contribution >= 4 is 34.0 Å². The maximum Gasteiger partial charge on any atom is 0.274 e. The highest BCUT2D eigenvalue weighted by molar-refractivity contribution is 7.19. The van der Waals surface area contributed by atoms with Gasteiger partial charge in [0, 0.05) is 17.8 Å². The van der Waals surface area contributed by atoms with Gasteiger partial charge in [-0.3, -0.25) is 10.1 Å². The Bertz CT molecular complexity index is 923. The van der Waals surface area contributed by atoms with Gasteiger partial charge in [-0.25, -0.2) is 13.8 Å². The van der Waals surface area contributed by atoms with Gasteiger partial charge in [-0.05, 0) is 24.1 Å². The molecule has 0 spiro atoms. The number of thiazole rings is 1. The third kappa shape index (κ3) is 4.05. The number of carbonyl (C=O) groups excluding carboxylic acids is 1. The highest BCUT2D eigenvalue weighted by Gasteiger charge is 2.16. The van der Waals surface area contributed by atoms with Gasteiger partial charge in [-0.1, -0.05) is 35.9 Å². The van der Waals surface area contributed by atoms with Crippen LogP contribution in [-0.4, -0.2) is 15.5 Å². The van der Waals surface area contributed by atoms with Gasteiger partial charge >= 0.3 is 0 Å². The zero-order valence-electron chi connectivity index (χ0n) is 13.2. The van der Waals surface area contributed by atoms with E-state index >= 15 is 0 Å². The molecule has 4 nitrogen and oxygen atoms in total. The van der Waals surface area contributed by atoms with E-state index in [1.165, 1.54) is 18.3 Å². The molecule has 2 heterocycles. The minimum absolute atomic E-state index is 0.119. The van der Waals surface area contributed by atoms with E-state index in [9.17, 15) is 13.6 Å². The molecule has 1 N–H and O–H groups in total. The van der Waals surface area contributed by atoms with Crippen LogP contribution in [0.5, 0.6) is 0 Å². The predicted molar refractivity (Wildman–Crippen MR) is 94.3 cm³/mol. The van der Waals surface area contributed by atoms with Crippen LogP contribution in [0.3, 0.4) is 0 Å². The number of benzene rings is 1. The molecule has 3 rings (SSSR count). The molecule has 0 aliphatic heterocycles. The van der Waals surface area contributed by atoms with Crippen molar-refractivity contribution in [1.29, 1.82) is 0 Å². The fraction of sp³-hybridized carbons (Fsp3) is 0.176. The van der Waals surface area contributed by atoms with E-state index in [4.69, 9.17) is 11.6 Å². The third-order valence-corrected chi connectivity index (χ3v) is 4.68. The third-order valence-electron chi connectivity index (χ3n) is 3.65. The van der Waals surface area contributed by atoms with E-state index in [0.717, 1.165) is 29.4 Å². The van der Waals surface area contributed by atoms with Crippen molar-refractivity contribution in [2.75, 3.05) is 5.32 Å². The molecule has 1 aromatic carbocycles. The van der Waals surface area contributed by atoms with Gasteiger partial charge in [0.15, 0.2) is 5.13 Å². The number of aromatic nitrogens is 2. The molecule has 0 radical (unpaired) electrons. The Morgan fingerprint density at radius 1 is 1.36 bits per heavy atom.